The van der Waals surface area contributed by atoms with Crippen molar-refractivity contribution in [3.05, 3.63) is 53.9 Å². The number of esters is 1. The third-order valence-electron chi connectivity index (χ3n) is 3.24. The van der Waals surface area contributed by atoms with Crippen LogP contribution in [0.2, 0.25) is 0 Å². The molecule has 6 heteroatoms. The second-order valence-electron chi connectivity index (χ2n) is 4.62. The van der Waals surface area contributed by atoms with Gasteiger partial charge in [-0.2, -0.15) is 0 Å². The lowest BCUT2D eigenvalue weighted by Crippen LogP contribution is -2.06. The summed E-state index contributed by atoms with van der Waals surface area (Å²) in [6.07, 6.45) is 1.56. The number of nitrogens with one attached hydrogen (secondary N) is 1. The number of pyridine rings is 1. The fourth-order valence-electron chi connectivity index (χ4n) is 2.32. The maximum atomic E-state index is 13.6. The molecular formula is C16H12F2N2O2. The molecule has 1 N–H and O–H groups in total. The summed E-state index contributed by atoms with van der Waals surface area (Å²) < 4.78 is 32.0. The normalized spacial score (nSPS) is 10.9. The van der Waals surface area contributed by atoms with Gasteiger partial charge in [-0.25, -0.2) is 13.6 Å². The number of aromatic amines is 1. The molecule has 2 heterocycles. The summed E-state index contributed by atoms with van der Waals surface area (Å²) in [5.74, 6) is -2.57. The van der Waals surface area contributed by atoms with E-state index in [-0.39, 0.29) is 12.3 Å². The lowest BCUT2D eigenvalue weighted by atomic mass is 10.1. The van der Waals surface area contributed by atoms with Gasteiger partial charge in [-0.1, -0.05) is 6.07 Å². The molecule has 4 nitrogen and oxygen atoms in total. The van der Waals surface area contributed by atoms with E-state index in [4.69, 9.17) is 4.74 Å². The first kappa shape index (κ1) is 14.2. The monoisotopic (exact) mass is 302 g/mol. The number of hydrogen-bond donors (Lipinski definition) is 1. The summed E-state index contributed by atoms with van der Waals surface area (Å²) in [6, 6.07) is 7.22. The molecule has 0 atom stereocenters. The van der Waals surface area contributed by atoms with Crippen LogP contribution in [0.4, 0.5) is 8.78 Å². The molecule has 0 amide bonds. The van der Waals surface area contributed by atoms with Gasteiger partial charge in [0.15, 0.2) is 11.6 Å². The van der Waals surface area contributed by atoms with Crippen molar-refractivity contribution in [2.75, 3.05) is 6.61 Å². The number of hydrogen-bond acceptors (Lipinski definition) is 3. The highest BCUT2D eigenvalue weighted by atomic mass is 19.2. The molecule has 0 saturated heterocycles. The van der Waals surface area contributed by atoms with Gasteiger partial charge in [-0.3, -0.25) is 4.98 Å². The Morgan fingerprint density at radius 3 is 2.73 bits per heavy atom. The molecule has 0 fully saturated rings. The number of aromatic nitrogens is 2. The van der Waals surface area contributed by atoms with Crippen LogP contribution in [-0.4, -0.2) is 22.5 Å². The predicted molar refractivity (Wildman–Crippen MR) is 77.4 cm³/mol. The second kappa shape index (κ2) is 5.55. The highest BCUT2D eigenvalue weighted by molar-refractivity contribution is 6.07. The standard InChI is InChI=1S/C16H12F2N2O2/c1-2-22-16(21)15-14(12-5-3-4-6-19-12)9-7-10(17)11(18)8-13(9)20-15/h3-8,20H,2H2,1H3. The minimum Gasteiger partial charge on any atom is -0.461 e. The molecule has 0 spiro atoms. The van der Waals surface area contributed by atoms with Crippen LogP contribution in [0.1, 0.15) is 17.4 Å². The van der Waals surface area contributed by atoms with E-state index < -0.39 is 17.6 Å². The number of carbonyl (C=O) groups is 1. The van der Waals surface area contributed by atoms with Crippen molar-refractivity contribution in [1.82, 2.24) is 9.97 Å². The Kier molecular flexibility index (Phi) is 3.58. The zero-order valence-corrected chi connectivity index (χ0v) is 11.7. The third kappa shape index (κ3) is 2.32. The van der Waals surface area contributed by atoms with Gasteiger partial charge in [0.05, 0.1) is 12.3 Å². The van der Waals surface area contributed by atoms with Gasteiger partial charge >= 0.3 is 5.97 Å². The first-order valence-corrected chi connectivity index (χ1v) is 6.71. The fourth-order valence-corrected chi connectivity index (χ4v) is 2.32. The van der Waals surface area contributed by atoms with Crippen LogP contribution < -0.4 is 0 Å². The molecule has 0 radical (unpaired) electrons. The van der Waals surface area contributed by atoms with Gasteiger partial charge in [0.1, 0.15) is 5.69 Å². The number of benzene rings is 1. The molecule has 3 aromatic rings. The Hall–Kier alpha value is -2.76. The van der Waals surface area contributed by atoms with Gasteiger partial charge < -0.3 is 9.72 Å². The molecule has 0 aliphatic heterocycles. The van der Waals surface area contributed by atoms with E-state index in [0.717, 1.165) is 12.1 Å². The van der Waals surface area contributed by atoms with Crippen molar-refractivity contribution in [2.45, 2.75) is 6.92 Å². The molecule has 0 unspecified atom stereocenters. The van der Waals surface area contributed by atoms with Gasteiger partial charge in [0.2, 0.25) is 0 Å². The van der Waals surface area contributed by atoms with E-state index in [9.17, 15) is 13.6 Å². The topological polar surface area (TPSA) is 55.0 Å². The zero-order chi connectivity index (χ0) is 15.7. The molecular weight excluding hydrogens is 290 g/mol. The molecule has 112 valence electrons. The Bertz CT molecular complexity index is 844. The molecule has 3 rings (SSSR count). The maximum absolute atomic E-state index is 13.6. The quantitative estimate of drug-likeness (QED) is 0.751. The summed E-state index contributed by atoms with van der Waals surface area (Å²) in [5.41, 5.74) is 1.30. The minimum atomic E-state index is -0.989. The number of rotatable bonds is 3. The van der Waals surface area contributed by atoms with Crippen molar-refractivity contribution in [3.8, 4) is 11.3 Å². The van der Waals surface area contributed by atoms with E-state index in [1.54, 1.807) is 31.3 Å². The number of H-pyrrole nitrogens is 1. The molecule has 2 aromatic heterocycles. The Morgan fingerprint density at radius 1 is 1.27 bits per heavy atom. The van der Waals surface area contributed by atoms with Crippen molar-refractivity contribution >= 4 is 16.9 Å². The number of halogens is 2. The SMILES string of the molecule is CCOC(=O)c1[nH]c2cc(F)c(F)cc2c1-c1ccccn1. The second-order valence-corrected chi connectivity index (χ2v) is 4.62. The Balaban J connectivity index is 2.32. The highest BCUT2D eigenvalue weighted by Gasteiger charge is 2.22. The lowest BCUT2D eigenvalue weighted by Gasteiger charge is -2.04. The van der Waals surface area contributed by atoms with Crippen LogP contribution in [0, 0.1) is 11.6 Å². The van der Waals surface area contributed by atoms with Crippen molar-refractivity contribution < 1.29 is 18.3 Å². The number of ether oxygens (including phenoxy) is 1. The summed E-state index contributed by atoms with van der Waals surface area (Å²) in [7, 11) is 0. The first-order chi connectivity index (χ1) is 10.6. The Morgan fingerprint density at radius 2 is 2.05 bits per heavy atom. The molecule has 0 bridgehead atoms. The largest absolute Gasteiger partial charge is 0.461 e. The van der Waals surface area contributed by atoms with Crippen LogP contribution in [0.5, 0.6) is 0 Å². The summed E-state index contributed by atoms with van der Waals surface area (Å²) >= 11 is 0. The van der Waals surface area contributed by atoms with E-state index in [1.807, 2.05) is 0 Å². The molecule has 22 heavy (non-hydrogen) atoms. The van der Waals surface area contributed by atoms with Crippen LogP contribution in [-0.2, 0) is 4.74 Å². The summed E-state index contributed by atoms with van der Waals surface area (Å²) in [5, 5.41) is 0.376. The third-order valence-corrected chi connectivity index (χ3v) is 3.24. The van der Waals surface area contributed by atoms with Crippen LogP contribution in [0.25, 0.3) is 22.2 Å². The van der Waals surface area contributed by atoms with Gasteiger partial charge in [-0.05, 0) is 25.1 Å². The van der Waals surface area contributed by atoms with Crippen LogP contribution in [0.15, 0.2) is 36.5 Å². The average molecular weight is 302 g/mol. The van der Waals surface area contributed by atoms with E-state index in [2.05, 4.69) is 9.97 Å². The minimum absolute atomic E-state index is 0.126. The van der Waals surface area contributed by atoms with E-state index in [0.29, 0.717) is 22.2 Å². The molecule has 0 aliphatic carbocycles. The lowest BCUT2D eigenvalue weighted by molar-refractivity contribution is 0.0521. The summed E-state index contributed by atoms with van der Waals surface area (Å²) in [4.78, 5) is 19.1. The molecule has 0 aliphatic rings. The Labute approximate surface area is 124 Å². The van der Waals surface area contributed by atoms with E-state index in [1.165, 1.54) is 0 Å². The van der Waals surface area contributed by atoms with Gasteiger partial charge in [0.25, 0.3) is 0 Å². The van der Waals surface area contributed by atoms with Crippen molar-refractivity contribution in [1.29, 1.82) is 0 Å². The fraction of sp³-hybridized carbons (Fsp3) is 0.125. The first-order valence-electron chi connectivity index (χ1n) is 6.71. The number of fused-ring (bicyclic) bond motifs is 1. The summed E-state index contributed by atoms with van der Waals surface area (Å²) in [6.45, 7) is 1.87. The highest BCUT2D eigenvalue weighted by Crippen LogP contribution is 2.33. The van der Waals surface area contributed by atoms with Crippen molar-refractivity contribution in [2.24, 2.45) is 0 Å². The van der Waals surface area contributed by atoms with Crippen LogP contribution in [0.3, 0.4) is 0 Å². The van der Waals surface area contributed by atoms with E-state index >= 15 is 0 Å². The average Bonchev–Trinajstić information content (AvgIpc) is 2.87. The van der Waals surface area contributed by atoms with Crippen LogP contribution >= 0.6 is 0 Å². The van der Waals surface area contributed by atoms with Gasteiger partial charge in [0, 0.05) is 28.7 Å². The predicted octanol–water partition coefficient (Wildman–Crippen LogP) is 3.68. The molecule has 1 aromatic carbocycles. The zero-order valence-electron chi connectivity index (χ0n) is 11.7. The van der Waals surface area contributed by atoms with Gasteiger partial charge in [-0.15, -0.1) is 0 Å². The smallest absolute Gasteiger partial charge is 0.355 e. The number of carbonyl (C=O) groups excluding carboxylic acids is 1. The number of nitrogens with zero attached hydrogens (tertiary/aromatic N) is 1. The van der Waals surface area contributed by atoms with Crippen molar-refractivity contribution in [3.63, 3.8) is 0 Å². The molecule has 0 saturated carbocycles. The maximum Gasteiger partial charge on any atom is 0.355 e.